The number of rotatable bonds is 6. The van der Waals surface area contributed by atoms with Crippen molar-refractivity contribution in [1.82, 2.24) is 4.98 Å². The number of aliphatic hydroxyl groups is 1. The third-order valence-corrected chi connectivity index (χ3v) is 5.26. The van der Waals surface area contributed by atoms with Crippen LogP contribution in [0.5, 0.6) is 5.75 Å². The number of nitrogens with zero attached hydrogens (tertiary/aromatic N) is 3. The molecule has 1 aliphatic rings. The quantitative estimate of drug-likeness (QED) is 0.190. The van der Waals surface area contributed by atoms with E-state index in [0.717, 1.165) is 0 Å². The van der Waals surface area contributed by atoms with Crippen LogP contribution in [-0.2, 0) is 9.59 Å². The largest absolute Gasteiger partial charge is 0.507 e. The summed E-state index contributed by atoms with van der Waals surface area (Å²) in [6, 6.07) is 15.9. The number of carbonyl (C=O) groups excluding carboxylic acids is 2. The molecular formula is C25H21N3O6. The van der Waals surface area contributed by atoms with Gasteiger partial charge in [-0.05, 0) is 67.9 Å². The first-order chi connectivity index (χ1) is 16.3. The molecule has 1 saturated heterocycles. The molecule has 1 amide bonds. The van der Waals surface area contributed by atoms with E-state index in [0.29, 0.717) is 16.9 Å². The molecule has 0 unspecified atom stereocenters. The number of hydrogen-bond donors (Lipinski definition) is 1. The lowest BCUT2D eigenvalue weighted by atomic mass is 9.95. The minimum Gasteiger partial charge on any atom is -0.507 e. The minimum absolute atomic E-state index is 0.0368. The lowest BCUT2D eigenvalue weighted by molar-refractivity contribution is -0.384. The Morgan fingerprint density at radius 3 is 2.29 bits per heavy atom. The van der Waals surface area contributed by atoms with Crippen LogP contribution in [0.25, 0.3) is 5.76 Å². The SMILES string of the molecule is CC(C)Oc1ccc(C(O)=C2C(=O)C(=O)N(c3ccccn3)[C@H]2c2ccc([N+](=O)[O-])cc2)cc1. The Morgan fingerprint density at radius 2 is 1.74 bits per heavy atom. The molecule has 0 bridgehead atoms. The number of carbonyl (C=O) groups is 2. The van der Waals surface area contributed by atoms with E-state index < -0.39 is 22.7 Å². The number of aromatic nitrogens is 1. The summed E-state index contributed by atoms with van der Waals surface area (Å²) < 4.78 is 5.62. The average molecular weight is 459 g/mol. The fourth-order valence-corrected chi connectivity index (χ4v) is 3.78. The van der Waals surface area contributed by atoms with Crippen LogP contribution in [0.4, 0.5) is 11.5 Å². The molecule has 1 atom stereocenters. The zero-order chi connectivity index (χ0) is 24.4. The number of nitro groups is 1. The molecule has 3 aromatic rings. The van der Waals surface area contributed by atoms with Gasteiger partial charge in [0.1, 0.15) is 17.3 Å². The van der Waals surface area contributed by atoms with Crippen LogP contribution >= 0.6 is 0 Å². The summed E-state index contributed by atoms with van der Waals surface area (Å²) in [5, 5.41) is 22.2. The number of pyridine rings is 1. The number of hydrogen-bond acceptors (Lipinski definition) is 7. The third-order valence-electron chi connectivity index (χ3n) is 5.26. The molecule has 1 fully saturated rings. The maximum atomic E-state index is 13.1. The molecule has 2 heterocycles. The van der Waals surface area contributed by atoms with Crippen LogP contribution in [-0.4, -0.2) is 32.8 Å². The second kappa shape index (κ2) is 9.14. The van der Waals surface area contributed by atoms with Crippen molar-refractivity contribution in [3.8, 4) is 5.75 Å². The molecule has 1 aromatic heterocycles. The maximum Gasteiger partial charge on any atom is 0.301 e. The highest BCUT2D eigenvalue weighted by Crippen LogP contribution is 2.41. The van der Waals surface area contributed by atoms with E-state index in [1.807, 2.05) is 13.8 Å². The van der Waals surface area contributed by atoms with Crippen molar-refractivity contribution in [2.75, 3.05) is 4.90 Å². The smallest absolute Gasteiger partial charge is 0.301 e. The molecule has 0 spiro atoms. The normalized spacial score (nSPS) is 17.3. The predicted octanol–water partition coefficient (Wildman–Crippen LogP) is 4.40. The number of amides is 1. The third kappa shape index (κ3) is 4.23. The van der Waals surface area contributed by atoms with E-state index in [1.165, 1.54) is 35.4 Å². The second-order valence-electron chi connectivity index (χ2n) is 7.90. The Hall–Kier alpha value is -4.53. The lowest BCUT2D eigenvalue weighted by Gasteiger charge is -2.24. The monoisotopic (exact) mass is 459 g/mol. The summed E-state index contributed by atoms with van der Waals surface area (Å²) in [5.41, 5.74) is 0.458. The van der Waals surface area contributed by atoms with Crippen molar-refractivity contribution in [2.24, 2.45) is 0 Å². The number of anilines is 1. The molecule has 9 heteroatoms. The summed E-state index contributed by atoms with van der Waals surface area (Å²) in [7, 11) is 0. The topological polar surface area (TPSA) is 123 Å². The number of benzene rings is 2. The number of nitro benzene ring substituents is 1. The Bertz CT molecular complexity index is 1270. The van der Waals surface area contributed by atoms with Gasteiger partial charge >= 0.3 is 5.91 Å². The summed E-state index contributed by atoms with van der Waals surface area (Å²) in [6.45, 7) is 3.77. The van der Waals surface area contributed by atoms with E-state index in [9.17, 15) is 24.8 Å². The molecule has 9 nitrogen and oxygen atoms in total. The van der Waals surface area contributed by atoms with Crippen molar-refractivity contribution in [3.63, 3.8) is 0 Å². The Kier molecular flexibility index (Phi) is 6.09. The average Bonchev–Trinajstić information content (AvgIpc) is 3.09. The zero-order valence-electron chi connectivity index (χ0n) is 18.4. The van der Waals surface area contributed by atoms with Crippen molar-refractivity contribution in [3.05, 3.63) is 99.7 Å². The van der Waals surface area contributed by atoms with Crippen molar-refractivity contribution in [1.29, 1.82) is 0 Å². The summed E-state index contributed by atoms with van der Waals surface area (Å²) in [5.74, 6) is -1.30. The van der Waals surface area contributed by atoms with E-state index >= 15 is 0 Å². The fraction of sp³-hybridized carbons (Fsp3) is 0.160. The van der Waals surface area contributed by atoms with Crippen LogP contribution in [0.1, 0.15) is 31.0 Å². The predicted molar refractivity (Wildman–Crippen MR) is 124 cm³/mol. The van der Waals surface area contributed by atoms with Gasteiger partial charge in [-0.15, -0.1) is 0 Å². The van der Waals surface area contributed by atoms with Crippen LogP contribution < -0.4 is 9.64 Å². The molecular weight excluding hydrogens is 438 g/mol. The molecule has 2 aromatic carbocycles. The summed E-state index contributed by atoms with van der Waals surface area (Å²) >= 11 is 0. The Balaban J connectivity index is 1.85. The molecule has 34 heavy (non-hydrogen) atoms. The minimum atomic E-state index is -1.03. The van der Waals surface area contributed by atoms with E-state index in [2.05, 4.69) is 4.98 Å². The van der Waals surface area contributed by atoms with Gasteiger partial charge in [0.15, 0.2) is 0 Å². The van der Waals surface area contributed by atoms with Crippen molar-refractivity contribution < 1.29 is 24.4 Å². The van der Waals surface area contributed by atoms with E-state index in [-0.39, 0.29) is 28.9 Å². The first kappa shape index (κ1) is 22.7. The van der Waals surface area contributed by atoms with Gasteiger partial charge in [0.25, 0.3) is 11.5 Å². The number of ether oxygens (including phenoxy) is 1. The van der Waals surface area contributed by atoms with Gasteiger partial charge in [-0.3, -0.25) is 24.6 Å². The van der Waals surface area contributed by atoms with Crippen LogP contribution in [0.2, 0.25) is 0 Å². The van der Waals surface area contributed by atoms with Gasteiger partial charge in [-0.2, -0.15) is 0 Å². The standard InChI is InChI=1S/C25H21N3O6/c1-15(2)34-19-12-8-17(9-13-19)23(29)21-22(16-6-10-18(11-7-16)28(32)33)27(25(31)24(21)30)20-5-3-4-14-26-20/h3-15,22,29H,1-2H3/t22-/m0/s1. The van der Waals surface area contributed by atoms with E-state index in [4.69, 9.17) is 4.74 Å². The zero-order valence-corrected chi connectivity index (χ0v) is 18.4. The number of Topliss-reactive ketones (excluding diaryl/α,β-unsaturated/α-hetero) is 1. The molecule has 4 rings (SSSR count). The first-order valence-corrected chi connectivity index (χ1v) is 10.5. The van der Waals surface area contributed by atoms with Crippen LogP contribution in [0.3, 0.4) is 0 Å². The van der Waals surface area contributed by atoms with Crippen LogP contribution in [0.15, 0.2) is 78.5 Å². The molecule has 1 N–H and O–H groups in total. The van der Waals surface area contributed by atoms with Crippen molar-refractivity contribution in [2.45, 2.75) is 26.0 Å². The van der Waals surface area contributed by atoms with Gasteiger partial charge < -0.3 is 9.84 Å². The lowest BCUT2D eigenvalue weighted by Crippen LogP contribution is -2.30. The molecule has 1 aliphatic heterocycles. The van der Waals surface area contributed by atoms with Gasteiger partial charge in [0.05, 0.1) is 22.6 Å². The highest BCUT2D eigenvalue weighted by atomic mass is 16.6. The van der Waals surface area contributed by atoms with E-state index in [1.54, 1.807) is 42.5 Å². The van der Waals surface area contributed by atoms with Gasteiger partial charge in [-0.1, -0.05) is 6.07 Å². The molecule has 0 aliphatic carbocycles. The first-order valence-electron chi connectivity index (χ1n) is 10.5. The van der Waals surface area contributed by atoms with Gasteiger partial charge in [0, 0.05) is 23.9 Å². The highest BCUT2D eigenvalue weighted by Gasteiger charge is 2.47. The summed E-state index contributed by atoms with van der Waals surface area (Å²) in [6.07, 6.45) is 1.44. The number of aliphatic hydroxyl groups excluding tert-OH is 1. The highest BCUT2D eigenvalue weighted by molar-refractivity contribution is 6.51. The van der Waals surface area contributed by atoms with Gasteiger partial charge in [0.2, 0.25) is 0 Å². The maximum absolute atomic E-state index is 13.1. The summed E-state index contributed by atoms with van der Waals surface area (Å²) in [4.78, 5) is 42.1. The van der Waals surface area contributed by atoms with Gasteiger partial charge in [-0.25, -0.2) is 4.98 Å². The number of non-ortho nitro benzene ring substituents is 1. The second-order valence-corrected chi connectivity index (χ2v) is 7.90. The number of ketones is 1. The Labute approximate surface area is 195 Å². The van der Waals surface area contributed by atoms with Crippen molar-refractivity contribution >= 4 is 29.0 Å². The molecule has 0 saturated carbocycles. The molecule has 172 valence electrons. The van der Waals surface area contributed by atoms with Crippen LogP contribution in [0, 0.1) is 10.1 Å². The fourth-order valence-electron chi connectivity index (χ4n) is 3.78. The molecule has 0 radical (unpaired) electrons. The Morgan fingerprint density at radius 1 is 1.06 bits per heavy atom.